The van der Waals surface area contributed by atoms with Crippen molar-refractivity contribution in [3.8, 4) is 12.3 Å². The summed E-state index contributed by atoms with van der Waals surface area (Å²) >= 11 is 0. The van der Waals surface area contributed by atoms with Crippen LogP contribution in [0.25, 0.3) is 0 Å². The fourth-order valence-corrected chi connectivity index (χ4v) is 2.73. The normalized spacial score (nSPS) is 20.9. The van der Waals surface area contributed by atoms with Crippen LogP contribution in [0.3, 0.4) is 0 Å². The van der Waals surface area contributed by atoms with Gasteiger partial charge >= 0.3 is 6.18 Å². The molecule has 0 radical (unpaired) electrons. The summed E-state index contributed by atoms with van der Waals surface area (Å²) in [4.78, 5) is 13.7. The third-order valence-electron chi connectivity index (χ3n) is 3.87. The van der Waals surface area contributed by atoms with Crippen LogP contribution in [0.1, 0.15) is 30.0 Å². The van der Waals surface area contributed by atoms with Gasteiger partial charge in [-0.3, -0.25) is 4.79 Å². The number of hydrogen-bond donors (Lipinski definition) is 1. The molecule has 1 fully saturated rings. The summed E-state index contributed by atoms with van der Waals surface area (Å²) in [5.41, 5.74) is -0.178. The SMILES string of the molecule is C#CCOCCC(=O)N1C[C@@H](O)C[C@H]1c1ccc(C(F)(F)F)cc1. The molecule has 0 unspecified atom stereocenters. The molecule has 1 N–H and O–H groups in total. The first-order chi connectivity index (χ1) is 11.3. The number of carbonyl (C=O) groups excluding carboxylic acids is 1. The zero-order valence-corrected chi connectivity index (χ0v) is 12.9. The summed E-state index contributed by atoms with van der Waals surface area (Å²) in [6, 6.07) is 4.22. The molecular weight excluding hydrogens is 323 g/mol. The number of rotatable bonds is 5. The maximum Gasteiger partial charge on any atom is 0.416 e. The molecule has 7 heteroatoms. The van der Waals surface area contributed by atoms with Gasteiger partial charge in [0.15, 0.2) is 0 Å². The van der Waals surface area contributed by atoms with Crippen molar-refractivity contribution < 1.29 is 27.8 Å². The van der Waals surface area contributed by atoms with E-state index in [9.17, 15) is 23.1 Å². The molecule has 0 bridgehead atoms. The van der Waals surface area contributed by atoms with Crippen molar-refractivity contribution in [3.05, 3.63) is 35.4 Å². The Morgan fingerprint density at radius 1 is 1.38 bits per heavy atom. The van der Waals surface area contributed by atoms with E-state index in [2.05, 4.69) is 5.92 Å². The van der Waals surface area contributed by atoms with Crippen molar-refractivity contribution in [2.45, 2.75) is 31.2 Å². The van der Waals surface area contributed by atoms with Crippen LogP contribution in [0.4, 0.5) is 13.2 Å². The number of aliphatic hydroxyl groups is 1. The quantitative estimate of drug-likeness (QED) is 0.661. The van der Waals surface area contributed by atoms with E-state index in [0.29, 0.717) is 12.0 Å². The lowest BCUT2D eigenvalue weighted by Gasteiger charge is -2.25. The van der Waals surface area contributed by atoms with Crippen molar-refractivity contribution in [1.82, 2.24) is 4.90 Å². The lowest BCUT2D eigenvalue weighted by atomic mass is 10.0. The highest BCUT2D eigenvalue weighted by atomic mass is 19.4. The summed E-state index contributed by atoms with van der Waals surface area (Å²) in [5, 5.41) is 9.84. The van der Waals surface area contributed by atoms with Gasteiger partial charge in [-0.25, -0.2) is 0 Å². The van der Waals surface area contributed by atoms with Crippen LogP contribution in [0.15, 0.2) is 24.3 Å². The lowest BCUT2D eigenvalue weighted by molar-refractivity contribution is -0.137. The van der Waals surface area contributed by atoms with E-state index in [0.717, 1.165) is 12.1 Å². The number of hydrogen-bond acceptors (Lipinski definition) is 3. The molecule has 1 aliphatic rings. The summed E-state index contributed by atoms with van der Waals surface area (Å²) in [6.45, 7) is 0.424. The van der Waals surface area contributed by atoms with E-state index in [4.69, 9.17) is 11.2 Å². The molecule has 1 amide bonds. The maximum absolute atomic E-state index is 12.6. The summed E-state index contributed by atoms with van der Waals surface area (Å²) < 4.78 is 43.0. The number of nitrogens with zero attached hydrogens (tertiary/aromatic N) is 1. The minimum Gasteiger partial charge on any atom is -0.391 e. The number of terminal acetylenes is 1. The lowest BCUT2D eigenvalue weighted by Crippen LogP contribution is -2.32. The Bertz CT molecular complexity index is 607. The number of likely N-dealkylation sites (tertiary alicyclic amines) is 1. The smallest absolute Gasteiger partial charge is 0.391 e. The third kappa shape index (κ3) is 4.49. The van der Waals surface area contributed by atoms with Gasteiger partial charge in [-0.05, 0) is 24.1 Å². The van der Waals surface area contributed by atoms with Gasteiger partial charge < -0.3 is 14.7 Å². The van der Waals surface area contributed by atoms with Gasteiger partial charge in [0, 0.05) is 6.54 Å². The molecule has 24 heavy (non-hydrogen) atoms. The molecule has 1 aromatic rings. The number of ether oxygens (including phenoxy) is 1. The van der Waals surface area contributed by atoms with Crippen LogP contribution in [0.2, 0.25) is 0 Å². The Labute approximate surface area is 138 Å². The highest BCUT2D eigenvalue weighted by Gasteiger charge is 2.36. The zero-order chi connectivity index (χ0) is 17.7. The Morgan fingerprint density at radius 3 is 2.62 bits per heavy atom. The molecule has 2 rings (SSSR count). The molecule has 1 saturated heterocycles. The van der Waals surface area contributed by atoms with Gasteiger partial charge in [0.25, 0.3) is 0 Å². The van der Waals surface area contributed by atoms with Gasteiger partial charge in [-0.2, -0.15) is 13.2 Å². The minimum absolute atomic E-state index is 0.103. The first-order valence-corrected chi connectivity index (χ1v) is 7.49. The second kappa shape index (κ2) is 7.69. The summed E-state index contributed by atoms with van der Waals surface area (Å²) in [6.07, 6.45) is 0.334. The van der Waals surface area contributed by atoms with Crippen LogP contribution in [-0.4, -0.2) is 41.8 Å². The second-order valence-electron chi connectivity index (χ2n) is 5.58. The van der Waals surface area contributed by atoms with Gasteiger partial charge in [-0.1, -0.05) is 18.1 Å². The molecule has 4 nitrogen and oxygen atoms in total. The minimum atomic E-state index is -4.41. The largest absolute Gasteiger partial charge is 0.416 e. The van der Waals surface area contributed by atoms with Crippen LogP contribution >= 0.6 is 0 Å². The first kappa shape index (κ1) is 18.3. The number of benzene rings is 1. The van der Waals surface area contributed by atoms with Gasteiger partial charge in [0.05, 0.1) is 30.7 Å². The molecule has 2 atom stereocenters. The number of amides is 1. The number of aliphatic hydroxyl groups excluding tert-OH is 1. The van der Waals surface area contributed by atoms with Crippen molar-refractivity contribution in [2.75, 3.05) is 19.8 Å². The van der Waals surface area contributed by atoms with Crippen LogP contribution in [0.5, 0.6) is 0 Å². The number of alkyl halides is 3. The van der Waals surface area contributed by atoms with E-state index in [1.54, 1.807) is 0 Å². The predicted molar refractivity (Wildman–Crippen MR) is 80.8 cm³/mol. The van der Waals surface area contributed by atoms with E-state index in [1.165, 1.54) is 17.0 Å². The Balaban J connectivity index is 2.07. The van der Waals surface area contributed by atoms with E-state index in [1.807, 2.05) is 0 Å². The Hall–Kier alpha value is -2.04. The molecule has 1 heterocycles. The molecular formula is C17H18F3NO3. The number of β-amino-alcohol motifs (C(OH)–C–C–N with tert-alkyl or cyclic N) is 1. The second-order valence-corrected chi connectivity index (χ2v) is 5.58. The van der Waals surface area contributed by atoms with Gasteiger partial charge in [0.2, 0.25) is 5.91 Å². The van der Waals surface area contributed by atoms with E-state index in [-0.39, 0.29) is 32.1 Å². The highest BCUT2D eigenvalue weighted by molar-refractivity contribution is 5.77. The fourth-order valence-electron chi connectivity index (χ4n) is 2.73. The van der Waals surface area contributed by atoms with Crippen molar-refractivity contribution >= 4 is 5.91 Å². The molecule has 0 aliphatic carbocycles. The highest BCUT2D eigenvalue weighted by Crippen LogP contribution is 2.35. The van der Waals surface area contributed by atoms with Crippen molar-refractivity contribution in [3.63, 3.8) is 0 Å². The van der Waals surface area contributed by atoms with Crippen LogP contribution in [0, 0.1) is 12.3 Å². The summed E-state index contributed by atoms with van der Waals surface area (Å²) in [7, 11) is 0. The Morgan fingerprint density at radius 2 is 2.04 bits per heavy atom. The fraction of sp³-hybridized carbons (Fsp3) is 0.471. The number of carbonyl (C=O) groups is 1. The maximum atomic E-state index is 12.6. The molecule has 0 spiro atoms. The predicted octanol–water partition coefficient (Wildman–Crippen LogP) is 2.38. The molecule has 130 valence electrons. The summed E-state index contributed by atoms with van der Waals surface area (Å²) in [5.74, 6) is 2.06. The van der Waals surface area contributed by atoms with Crippen molar-refractivity contribution in [1.29, 1.82) is 0 Å². The molecule has 0 aromatic heterocycles. The van der Waals surface area contributed by atoms with Crippen LogP contribution < -0.4 is 0 Å². The topological polar surface area (TPSA) is 49.8 Å². The number of halogens is 3. The van der Waals surface area contributed by atoms with Gasteiger partial charge in [0.1, 0.15) is 6.61 Å². The zero-order valence-electron chi connectivity index (χ0n) is 12.9. The molecule has 1 aromatic carbocycles. The first-order valence-electron chi connectivity index (χ1n) is 7.49. The van der Waals surface area contributed by atoms with Crippen molar-refractivity contribution in [2.24, 2.45) is 0 Å². The monoisotopic (exact) mass is 341 g/mol. The Kier molecular flexibility index (Phi) is 5.86. The van der Waals surface area contributed by atoms with E-state index < -0.39 is 23.9 Å². The average molecular weight is 341 g/mol. The average Bonchev–Trinajstić information content (AvgIpc) is 2.93. The van der Waals surface area contributed by atoms with E-state index >= 15 is 0 Å². The standard InChI is InChI=1S/C17H18F3NO3/c1-2-8-24-9-7-16(23)21-11-14(22)10-15(21)12-3-5-13(6-4-12)17(18,19)20/h1,3-6,14-15,22H,7-11H2/t14-,15-/m0/s1. The molecule has 0 saturated carbocycles. The molecule has 1 aliphatic heterocycles. The van der Waals surface area contributed by atoms with Crippen LogP contribution in [-0.2, 0) is 15.7 Å². The van der Waals surface area contributed by atoms with Gasteiger partial charge in [-0.15, -0.1) is 6.42 Å². The third-order valence-corrected chi connectivity index (χ3v) is 3.87.